The molecule has 0 aromatic rings. The number of Topliss-reactive ketones (excluding diaryl/α,β-unsaturated/α-hetero) is 1. The number of carboxylic acids is 3. The molecule has 21 nitrogen and oxygen atoms in total. The van der Waals surface area contributed by atoms with Crippen molar-refractivity contribution in [3.63, 3.8) is 0 Å². The number of amides is 7. The van der Waals surface area contributed by atoms with Crippen LogP contribution in [0.4, 0.5) is 0 Å². The Hall–Kier alpha value is -5.63. The Morgan fingerprint density at radius 3 is 1.67 bits per heavy atom. The molecule has 1 rings (SSSR count). The molecule has 6 atom stereocenters. The number of nitrogens with zero attached hydrogens (tertiary/aromatic N) is 1. The van der Waals surface area contributed by atoms with Crippen LogP contribution in [0.5, 0.6) is 0 Å². The summed E-state index contributed by atoms with van der Waals surface area (Å²) in [5, 5.41) is 41.5. The first-order valence-corrected chi connectivity index (χ1v) is 18.9. The lowest BCUT2D eigenvalue weighted by Crippen LogP contribution is -2.60. The maximum atomic E-state index is 14.0. The van der Waals surface area contributed by atoms with E-state index in [1.54, 1.807) is 34.6 Å². The van der Waals surface area contributed by atoms with Gasteiger partial charge in [0.05, 0.1) is 6.04 Å². The molecule has 0 aromatic heterocycles. The molecule has 9 N–H and O–H groups in total. The molecular formula is C36H57N7O14. The second-order valence-electron chi connectivity index (χ2n) is 14.6. The Balaban J connectivity index is 3.27. The van der Waals surface area contributed by atoms with Gasteiger partial charge in [0.15, 0.2) is 0 Å². The molecule has 320 valence electrons. The van der Waals surface area contributed by atoms with Gasteiger partial charge >= 0.3 is 17.9 Å². The van der Waals surface area contributed by atoms with Crippen LogP contribution in [-0.2, 0) is 52.7 Å². The van der Waals surface area contributed by atoms with E-state index >= 15 is 0 Å². The van der Waals surface area contributed by atoms with Crippen LogP contribution in [0.2, 0.25) is 0 Å². The smallest absolute Gasteiger partial charge is 0.322 e. The molecular weight excluding hydrogens is 754 g/mol. The first kappa shape index (κ1) is 49.4. The zero-order chi connectivity index (χ0) is 43.6. The van der Waals surface area contributed by atoms with Gasteiger partial charge in [-0.15, -0.1) is 0 Å². The van der Waals surface area contributed by atoms with Gasteiger partial charge in [-0.2, -0.15) is 0 Å². The van der Waals surface area contributed by atoms with Crippen LogP contribution in [0.1, 0.15) is 99.3 Å². The molecule has 21 heteroatoms. The van der Waals surface area contributed by atoms with Crippen LogP contribution in [-0.4, -0.2) is 135 Å². The fourth-order valence-electron chi connectivity index (χ4n) is 6.04. The third-order valence-electron chi connectivity index (χ3n) is 8.86. The molecule has 0 radical (unpaired) electrons. The van der Waals surface area contributed by atoms with E-state index in [0.29, 0.717) is 12.8 Å². The van der Waals surface area contributed by atoms with Gasteiger partial charge in [-0.25, -0.2) is 0 Å². The van der Waals surface area contributed by atoms with Gasteiger partial charge in [-0.3, -0.25) is 52.7 Å². The van der Waals surface area contributed by atoms with Crippen LogP contribution in [0.15, 0.2) is 0 Å². The number of carboxylic acid groups (broad SMARTS) is 3. The normalized spacial score (nSPS) is 16.3. The minimum atomic E-state index is -1.53. The van der Waals surface area contributed by atoms with Crippen molar-refractivity contribution in [3.05, 3.63) is 0 Å². The zero-order valence-corrected chi connectivity index (χ0v) is 33.2. The molecule has 0 aromatic carbocycles. The van der Waals surface area contributed by atoms with Crippen molar-refractivity contribution in [2.45, 2.75) is 136 Å². The van der Waals surface area contributed by atoms with Crippen molar-refractivity contribution < 1.29 is 68.1 Å². The second-order valence-corrected chi connectivity index (χ2v) is 14.6. The van der Waals surface area contributed by atoms with E-state index in [4.69, 9.17) is 10.2 Å². The molecule has 1 saturated heterocycles. The predicted octanol–water partition coefficient (Wildman–Crippen LogP) is -1.58. The fraction of sp³-hybridized carbons (Fsp3) is 0.694. The molecule has 7 amide bonds. The van der Waals surface area contributed by atoms with E-state index in [-0.39, 0.29) is 38.1 Å². The Bertz CT molecular complexity index is 1520. The molecule has 1 heterocycles. The minimum absolute atomic E-state index is 0.0327. The third-order valence-corrected chi connectivity index (χ3v) is 8.86. The number of likely N-dealkylation sites (tertiary alicyclic amines) is 1. The van der Waals surface area contributed by atoms with Crippen LogP contribution in [0.25, 0.3) is 0 Å². The van der Waals surface area contributed by atoms with Crippen molar-refractivity contribution in [3.8, 4) is 0 Å². The summed E-state index contributed by atoms with van der Waals surface area (Å²) in [5.41, 5.74) is 0. The summed E-state index contributed by atoms with van der Waals surface area (Å²) in [6.45, 7) is 8.91. The van der Waals surface area contributed by atoms with Crippen LogP contribution in [0.3, 0.4) is 0 Å². The van der Waals surface area contributed by atoms with Gasteiger partial charge in [-0.1, -0.05) is 41.0 Å². The summed E-state index contributed by atoms with van der Waals surface area (Å²) in [5.74, 6) is -11.7. The maximum Gasteiger partial charge on any atom is 0.322 e. The average molecular weight is 812 g/mol. The third kappa shape index (κ3) is 17.4. The quantitative estimate of drug-likeness (QED) is 0.0471. The number of rotatable bonds is 25. The van der Waals surface area contributed by atoms with Crippen LogP contribution >= 0.6 is 0 Å². The second kappa shape index (κ2) is 24.1. The highest BCUT2D eigenvalue weighted by molar-refractivity contribution is 6.38. The molecule has 6 unspecified atom stereocenters. The predicted molar refractivity (Wildman–Crippen MR) is 199 cm³/mol. The average Bonchev–Trinajstić information content (AvgIpc) is 3.61. The lowest BCUT2D eigenvalue weighted by Gasteiger charge is -2.32. The minimum Gasteiger partial charge on any atom is -0.481 e. The first-order valence-electron chi connectivity index (χ1n) is 18.9. The van der Waals surface area contributed by atoms with E-state index in [1.807, 2.05) is 5.32 Å². The van der Waals surface area contributed by atoms with Crippen molar-refractivity contribution in [2.24, 2.45) is 11.8 Å². The van der Waals surface area contributed by atoms with Crippen molar-refractivity contribution >= 4 is 65.0 Å². The SMILES string of the molecule is CCCC(NC(=O)C1CCCN1C(=O)C(NC(=O)C(CC(C)C)NC(=O)C(CCC(=O)O)NC(=O)C(CCC(=O)O)NC(C)=O)C(C)C)C(=O)C(=O)NCC(=O)O. The molecule has 1 aliphatic heterocycles. The molecule has 0 spiro atoms. The monoisotopic (exact) mass is 811 g/mol. The van der Waals surface area contributed by atoms with Gasteiger partial charge in [0.2, 0.25) is 41.2 Å². The summed E-state index contributed by atoms with van der Waals surface area (Å²) in [6.07, 6.45) is -0.801. The zero-order valence-electron chi connectivity index (χ0n) is 33.2. The fourth-order valence-corrected chi connectivity index (χ4v) is 6.04. The van der Waals surface area contributed by atoms with Gasteiger partial charge in [0.1, 0.15) is 36.8 Å². The highest BCUT2D eigenvalue weighted by Gasteiger charge is 2.41. The van der Waals surface area contributed by atoms with Crippen LogP contribution < -0.4 is 31.9 Å². The van der Waals surface area contributed by atoms with Gasteiger partial charge < -0.3 is 52.1 Å². The molecule has 0 saturated carbocycles. The summed E-state index contributed by atoms with van der Waals surface area (Å²) < 4.78 is 0. The van der Waals surface area contributed by atoms with Crippen molar-refractivity contribution in [2.75, 3.05) is 13.1 Å². The van der Waals surface area contributed by atoms with Gasteiger partial charge in [0.25, 0.3) is 5.91 Å². The molecule has 0 bridgehead atoms. The number of hydrogen-bond acceptors (Lipinski definition) is 11. The van der Waals surface area contributed by atoms with Crippen molar-refractivity contribution in [1.82, 2.24) is 36.8 Å². The standard InChI is InChI=1S/C36H57N7O14/c1-7-9-21(30(51)35(56)37-17-28(49)50)39-34(55)25-10-8-15-43(25)36(57)29(19(4)5)42-33(54)24(16-18(2)3)41-32(53)23(12-14-27(47)48)40-31(52)22(38-20(6)44)11-13-26(45)46/h18-19,21-25,29H,7-17H2,1-6H3,(H,37,56)(H,38,44)(H,39,55)(H,40,52)(H,41,53)(H,42,54)(H,45,46)(H,47,48)(H,49,50). The largest absolute Gasteiger partial charge is 0.481 e. The number of hydrogen-bond donors (Lipinski definition) is 9. The lowest BCUT2D eigenvalue weighted by atomic mass is 9.98. The Kier molecular flexibility index (Phi) is 20.9. The molecule has 1 aliphatic rings. The number of aliphatic carboxylic acids is 3. The maximum absolute atomic E-state index is 14.0. The highest BCUT2D eigenvalue weighted by Crippen LogP contribution is 2.21. The van der Waals surface area contributed by atoms with Gasteiger partial charge in [0, 0.05) is 26.3 Å². The number of nitrogens with one attached hydrogen (secondary N) is 6. The van der Waals surface area contributed by atoms with E-state index < -0.39 is 133 Å². The van der Waals surface area contributed by atoms with Crippen LogP contribution in [0, 0.1) is 11.8 Å². The number of carbonyl (C=O) groups excluding carboxylic acids is 8. The van der Waals surface area contributed by atoms with Gasteiger partial charge in [-0.05, 0) is 50.4 Å². The van der Waals surface area contributed by atoms with E-state index in [0.717, 1.165) is 6.92 Å². The Morgan fingerprint density at radius 2 is 1.19 bits per heavy atom. The Morgan fingerprint density at radius 1 is 0.667 bits per heavy atom. The summed E-state index contributed by atoms with van der Waals surface area (Å²) in [6, 6.07) is -7.80. The summed E-state index contributed by atoms with van der Waals surface area (Å²) in [7, 11) is 0. The van der Waals surface area contributed by atoms with E-state index in [9.17, 15) is 57.8 Å². The van der Waals surface area contributed by atoms with E-state index in [2.05, 4.69) is 26.6 Å². The summed E-state index contributed by atoms with van der Waals surface area (Å²) >= 11 is 0. The first-order chi connectivity index (χ1) is 26.6. The molecule has 0 aliphatic carbocycles. The lowest BCUT2D eigenvalue weighted by molar-refractivity contribution is -0.145. The van der Waals surface area contributed by atoms with Crippen molar-refractivity contribution in [1.29, 1.82) is 0 Å². The summed E-state index contributed by atoms with van der Waals surface area (Å²) in [4.78, 5) is 139. The number of carbonyl (C=O) groups is 11. The number of ketones is 1. The topological polar surface area (TPSA) is 324 Å². The molecule has 57 heavy (non-hydrogen) atoms. The highest BCUT2D eigenvalue weighted by atomic mass is 16.4. The molecule has 1 fully saturated rings. The van der Waals surface area contributed by atoms with E-state index in [1.165, 1.54) is 4.90 Å². The Labute approximate surface area is 330 Å².